The normalized spacial score (nSPS) is 18.2. The number of para-hydroxylation sites is 1. The number of hydrogen-bond donors (Lipinski definition) is 3. The van der Waals surface area contributed by atoms with Crippen molar-refractivity contribution in [3.8, 4) is 5.75 Å². The Kier molecular flexibility index (Phi) is 9.21. The van der Waals surface area contributed by atoms with E-state index in [1.54, 1.807) is 56.9 Å². The van der Waals surface area contributed by atoms with E-state index in [1.807, 2.05) is 33.8 Å². The van der Waals surface area contributed by atoms with E-state index in [4.69, 9.17) is 16.3 Å². The summed E-state index contributed by atoms with van der Waals surface area (Å²) in [6.45, 7) is 14.5. The molecule has 2 aromatic carbocycles. The summed E-state index contributed by atoms with van der Waals surface area (Å²) in [5.41, 5.74) is 1.62. The van der Waals surface area contributed by atoms with E-state index >= 15 is 0 Å². The van der Waals surface area contributed by atoms with Crippen molar-refractivity contribution in [2.24, 2.45) is 11.8 Å². The first-order chi connectivity index (χ1) is 18.1. The molecule has 1 fully saturated rings. The Labute approximate surface area is 236 Å². The standard InChI is InChI=1S/C30H40ClN3O5/c1-16(2)24(33-29(38)39-30(6,7)8)28(37)34(22-15-18(22)4)26(20-12-13-23(35)19(5)14-20)27(36)32-25-17(3)10-9-11-21(25)31/h9-14,16,18,22,24,26,35H,15H2,1-8H3,(H,32,36)(H,33,38). The highest BCUT2D eigenvalue weighted by atomic mass is 35.5. The first kappa shape index (κ1) is 30.3. The zero-order valence-electron chi connectivity index (χ0n) is 24.0. The van der Waals surface area contributed by atoms with Gasteiger partial charge in [-0.25, -0.2) is 4.79 Å². The Hall–Kier alpha value is -3.26. The number of carbonyl (C=O) groups excluding carboxylic acids is 3. The quantitative estimate of drug-likeness (QED) is 0.362. The molecule has 1 aliphatic rings. The van der Waals surface area contributed by atoms with Gasteiger partial charge in [0, 0.05) is 6.04 Å². The Morgan fingerprint density at radius 3 is 2.26 bits per heavy atom. The monoisotopic (exact) mass is 557 g/mol. The van der Waals surface area contributed by atoms with Crippen molar-refractivity contribution < 1.29 is 24.2 Å². The molecule has 0 radical (unpaired) electrons. The SMILES string of the molecule is Cc1cc(C(C(=O)Nc2c(C)cccc2Cl)N(C(=O)C(NC(=O)OC(C)(C)C)C(C)C)C2CC2C)ccc1O. The van der Waals surface area contributed by atoms with E-state index in [9.17, 15) is 19.5 Å². The number of aromatic hydroxyl groups is 1. The summed E-state index contributed by atoms with van der Waals surface area (Å²) < 4.78 is 5.43. The van der Waals surface area contributed by atoms with Crippen LogP contribution in [0.15, 0.2) is 36.4 Å². The van der Waals surface area contributed by atoms with Gasteiger partial charge in [0.25, 0.3) is 5.91 Å². The number of phenolic OH excluding ortho intramolecular Hbond substituents is 1. The van der Waals surface area contributed by atoms with Crippen LogP contribution >= 0.6 is 11.6 Å². The zero-order valence-corrected chi connectivity index (χ0v) is 24.7. The number of halogens is 1. The van der Waals surface area contributed by atoms with Gasteiger partial charge < -0.3 is 25.4 Å². The third-order valence-corrected chi connectivity index (χ3v) is 7.13. The minimum Gasteiger partial charge on any atom is -0.508 e. The number of phenols is 1. The summed E-state index contributed by atoms with van der Waals surface area (Å²) in [6, 6.07) is 8.02. The molecule has 9 heteroatoms. The molecule has 0 bridgehead atoms. The molecule has 0 heterocycles. The number of benzene rings is 2. The highest BCUT2D eigenvalue weighted by molar-refractivity contribution is 6.34. The molecule has 3 N–H and O–H groups in total. The highest BCUT2D eigenvalue weighted by Gasteiger charge is 2.48. The third kappa shape index (κ3) is 7.44. The van der Waals surface area contributed by atoms with Crippen LogP contribution in [0.1, 0.15) is 70.7 Å². The first-order valence-electron chi connectivity index (χ1n) is 13.3. The largest absolute Gasteiger partial charge is 0.508 e. The molecule has 4 atom stereocenters. The number of nitrogens with one attached hydrogen (secondary N) is 2. The van der Waals surface area contributed by atoms with Crippen molar-refractivity contribution in [2.75, 3.05) is 5.32 Å². The molecule has 2 aromatic rings. The Bertz CT molecular complexity index is 1220. The van der Waals surface area contributed by atoms with Gasteiger partial charge in [0.15, 0.2) is 0 Å². The van der Waals surface area contributed by atoms with Gasteiger partial charge in [0.2, 0.25) is 5.91 Å². The number of carbonyl (C=O) groups is 3. The van der Waals surface area contributed by atoms with E-state index in [0.29, 0.717) is 21.8 Å². The summed E-state index contributed by atoms with van der Waals surface area (Å²) in [7, 11) is 0. The molecule has 1 saturated carbocycles. The van der Waals surface area contributed by atoms with Crippen LogP contribution < -0.4 is 10.6 Å². The van der Waals surface area contributed by atoms with Gasteiger partial charge in [0.05, 0.1) is 10.7 Å². The number of ether oxygens (including phenoxy) is 1. The van der Waals surface area contributed by atoms with Crippen LogP contribution in [-0.2, 0) is 14.3 Å². The predicted molar refractivity (Wildman–Crippen MR) is 153 cm³/mol. The van der Waals surface area contributed by atoms with Crippen molar-refractivity contribution in [1.29, 1.82) is 0 Å². The fraction of sp³-hybridized carbons (Fsp3) is 0.500. The number of aryl methyl sites for hydroxylation is 2. The van der Waals surface area contributed by atoms with E-state index in [-0.39, 0.29) is 29.5 Å². The third-order valence-electron chi connectivity index (χ3n) is 6.82. The van der Waals surface area contributed by atoms with Gasteiger partial charge in [-0.05, 0) is 87.8 Å². The molecule has 4 unspecified atom stereocenters. The molecule has 0 aliphatic heterocycles. The van der Waals surface area contributed by atoms with Crippen LogP contribution in [0.25, 0.3) is 0 Å². The van der Waals surface area contributed by atoms with Crippen LogP contribution in [0.5, 0.6) is 5.75 Å². The summed E-state index contributed by atoms with van der Waals surface area (Å²) >= 11 is 6.42. The highest BCUT2D eigenvalue weighted by Crippen LogP contribution is 2.42. The number of rotatable bonds is 8. The fourth-order valence-electron chi connectivity index (χ4n) is 4.55. The minimum absolute atomic E-state index is 0.0872. The van der Waals surface area contributed by atoms with Gasteiger partial charge in [0.1, 0.15) is 23.4 Å². The Morgan fingerprint density at radius 1 is 1.10 bits per heavy atom. The predicted octanol–water partition coefficient (Wildman–Crippen LogP) is 6.13. The van der Waals surface area contributed by atoms with Crippen molar-refractivity contribution in [2.45, 2.75) is 85.5 Å². The summed E-state index contributed by atoms with van der Waals surface area (Å²) in [5.74, 6) is -0.851. The van der Waals surface area contributed by atoms with E-state index < -0.39 is 29.7 Å². The average molecular weight is 558 g/mol. The van der Waals surface area contributed by atoms with Crippen LogP contribution in [0.3, 0.4) is 0 Å². The number of alkyl carbamates (subject to hydrolysis) is 1. The van der Waals surface area contributed by atoms with E-state index in [2.05, 4.69) is 10.6 Å². The second kappa shape index (κ2) is 11.9. The van der Waals surface area contributed by atoms with Crippen LogP contribution in [-0.4, -0.2) is 45.6 Å². The molecule has 8 nitrogen and oxygen atoms in total. The van der Waals surface area contributed by atoms with Crippen molar-refractivity contribution in [3.05, 3.63) is 58.1 Å². The zero-order chi connectivity index (χ0) is 29.2. The maximum Gasteiger partial charge on any atom is 0.408 e. The molecule has 0 aromatic heterocycles. The second-order valence-electron chi connectivity index (χ2n) is 11.8. The van der Waals surface area contributed by atoms with Crippen molar-refractivity contribution in [3.63, 3.8) is 0 Å². The van der Waals surface area contributed by atoms with Crippen molar-refractivity contribution in [1.82, 2.24) is 10.2 Å². The van der Waals surface area contributed by atoms with Gasteiger partial charge >= 0.3 is 6.09 Å². The number of nitrogens with zero attached hydrogens (tertiary/aromatic N) is 1. The maximum atomic E-state index is 14.3. The molecule has 3 rings (SSSR count). The average Bonchev–Trinajstić information content (AvgIpc) is 3.54. The molecule has 3 amide bonds. The summed E-state index contributed by atoms with van der Waals surface area (Å²) in [6.07, 6.45) is 0.0149. The van der Waals surface area contributed by atoms with Crippen LogP contribution in [0, 0.1) is 25.7 Å². The van der Waals surface area contributed by atoms with Gasteiger partial charge in [-0.15, -0.1) is 0 Å². The van der Waals surface area contributed by atoms with Crippen LogP contribution in [0.4, 0.5) is 10.5 Å². The second-order valence-corrected chi connectivity index (χ2v) is 12.2. The molecule has 0 saturated heterocycles. The molecular weight excluding hydrogens is 518 g/mol. The van der Waals surface area contributed by atoms with Gasteiger partial charge in [-0.3, -0.25) is 9.59 Å². The topological polar surface area (TPSA) is 108 Å². The number of hydrogen-bond acceptors (Lipinski definition) is 5. The molecular formula is C30H40ClN3O5. The molecule has 0 spiro atoms. The molecule has 1 aliphatic carbocycles. The first-order valence-corrected chi connectivity index (χ1v) is 13.7. The Balaban J connectivity index is 2.08. The minimum atomic E-state index is -1.04. The lowest BCUT2D eigenvalue weighted by molar-refractivity contribution is -0.142. The molecule has 39 heavy (non-hydrogen) atoms. The molecule has 212 valence electrons. The lowest BCUT2D eigenvalue weighted by Gasteiger charge is -2.36. The Morgan fingerprint density at radius 2 is 1.74 bits per heavy atom. The number of amides is 3. The lowest BCUT2D eigenvalue weighted by atomic mass is 9.97. The van der Waals surface area contributed by atoms with Crippen LogP contribution in [0.2, 0.25) is 5.02 Å². The maximum absolute atomic E-state index is 14.3. The smallest absolute Gasteiger partial charge is 0.408 e. The van der Waals surface area contributed by atoms with E-state index in [1.165, 1.54) is 6.07 Å². The van der Waals surface area contributed by atoms with Gasteiger partial charge in [-0.1, -0.05) is 50.6 Å². The van der Waals surface area contributed by atoms with E-state index in [0.717, 1.165) is 12.0 Å². The van der Waals surface area contributed by atoms with Gasteiger partial charge in [-0.2, -0.15) is 0 Å². The number of anilines is 1. The summed E-state index contributed by atoms with van der Waals surface area (Å²) in [5, 5.41) is 16.2. The lowest BCUT2D eigenvalue weighted by Crippen LogP contribution is -2.55. The van der Waals surface area contributed by atoms with Crippen molar-refractivity contribution >= 4 is 35.2 Å². The fourth-order valence-corrected chi connectivity index (χ4v) is 4.82. The summed E-state index contributed by atoms with van der Waals surface area (Å²) in [4.78, 5) is 42.6.